The average Bonchev–Trinajstić information content (AvgIpc) is 2.24. The molecule has 0 aromatic carbocycles. The maximum absolute atomic E-state index is 4.47. The van der Waals surface area contributed by atoms with E-state index in [9.17, 15) is 0 Å². The zero-order chi connectivity index (χ0) is 12.0. The molecule has 0 bridgehead atoms. The summed E-state index contributed by atoms with van der Waals surface area (Å²) in [6.45, 7) is 9.81. The number of nitrogens with one attached hydrogen (secondary N) is 1. The minimum absolute atomic E-state index is 0.410. The molecule has 1 unspecified atom stereocenters. The summed E-state index contributed by atoms with van der Waals surface area (Å²) in [4.78, 5) is 4.47. The Labute approximate surface area is 99.5 Å². The molecule has 1 rings (SSSR count). The van der Waals surface area contributed by atoms with Crippen molar-refractivity contribution in [2.45, 2.75) is 46.6 Å². The number of aromatic nitrogens is 1. The largest absolute Gasteiger partial charge is 0.309 e. The van der Waals surface area contributed by atoms with Crippen molar-refractivity contribution in [2.75, 3.05) is 6.54 Å². The molecule has 2 heteroatoms. The van der Waals surface area contributed by atoms with Crippen LogP contribution in [0.5, 0.6) is 0 Å². The highest BCUT2D eigenvalue weighted by Crippen LogP contribution is 2.19. The second kappa shape index (κ2) is 6.64. The molecule has 1 aromatic heterocycles. The van der Waals surface area contributed by atoms with Crippen LogP contribution in [0.25, 0.3) is 0 Å². The standard InChI is InChI=1S/C14H24N2/c1-5-15-13(7-6-11(2)3)14-10-12(4)8-9-16-14/h8-11,13,15H,5-7H2,1-4H3. The lowest BCUT2D eigenvalue weighted by Gasteiger charge is -2.18. The molecule has 1 atom stereocenters. The van der Waals surface area contributed by atoms with Gasteiger partial charge in [0.1, 0.15) is 0 Å². The van der Waals surface area contributed by atoms with Crippen LogP contribution in [-0.2, 0) is 0 Å². The van der Waals surface area contributed by atoms with E-state index < -0.39 is 0 Å². The maximum Gasteiger partial charge on any atom is 0.0575 e. The van der Waals surface area contributed by atoms with Gasteiger partial charge in [0.2, 0.25) is 0 Å². The fraction of sp³-hybridized carbons (Fsp3) is 0.643. The van der Waals surface area contributed by atoms with Gasteiger partial charge < -0.3 is 5.32 Å². The zero-order valence-corrected chi connectivity index (χ0v) is 11.0. The monoisotopic (exact) mass is 220 g/mol. The predicted molar refractivity (Wildman–Crippen MR) is 69.5 cm³/mol. The molecule has 0 aliphatic carbocycles. The van der Waals surface area contributed by atoms with Gasteiger partial charge in [0.15, 0.2) is 0 Å². The fourth-order valence-electron chi connectivity index (χ4n) is 1.85. The summed E-state index contributed by atoms with van der Waals surface area (Å²) in [7, 11) is 0. The molecule has 1 heterocycles. The Kier molecular flexibility index (Phi) is 5.47. The third-order valence-electron chi connectivity index (χ3n) is 2.78. The number of hydrogen-bond donors (Lipinski definition) is 1. The van der Waals surface area contributed by atoms with Crippen LogP contribution in [0.4, 0.5) is 0 Å². The van der Waals surface area contributed by atoms with E-state index >= 15 is 0 Å². The van der Waals surface area contributed by atoms with Gasteiger partial charge in [-0.15, -0.1) is 0 Å². The number of pyridine rings is 1. The lowest BCUT2D eigenvalue weighted by Crippen LogP contribution is -2.22. The molecule has 1 aromatic rings. The van der Waals surface area contributed by atoms with Crippen molar-refractivity contribution in [2.24, 2.45) is 5.92 Å². The Morgan fingerprint density at radius 1 is 1.31 bits per heavy atom. The van der Waals surface area contributed by atoms with Gasteiger partial charge in [-0.3, -0.25) is 4.98 Å². The van der Waals surface area contributed by atoms with Crippen LogP contribution in [0.1, 0.15) is 50.9 Å². The van der Waals surface area contributed by atoms with Gasteiger partial charge in [0.05, 0.1) is 5.69 Å². The molecule has 0 aliphatic rings. The Balaban J connectivity index is 2.68. The highest BCUT2D eigenvalue weighted by molar-refractivity contribution is 5.17. The summed E-state index contributed by atoms with van der Waals surface area (Å²) in [5.41, 5.74) is 2.47. The van der Waals surface area contributed by atoms with Crippen LogP contribution in [0.2, 0.25) is 0 Å². The van der Waals surface area contributed by atoms with E-state index in [1.54, 1.807) is 0 Å². The lowest BCUT2D eigenvalue weighted by atomic mass is 10.00. The molecule has 0 amide bonds. The van der Waals surface area contributed by atoms with Crippen LogP contribution in [0.15, 0.2) is 18.3 Å². The van der Waals surface area contributed by atoms with Gasteiger partial charge in [-0.25, -0.2) is 0 Å². The quantitative estimate of drug-likeness (QED) is 0.794. The highest BCUT2D eigenvalue weighted by atomic mass is 14.9. The number of nitrogens with zero attached hydrogens (tertiary/aromatic N) is 1. The smallest absolute Gasteiger partial charge is 0.0575 e. The van der Waals surface area contributed by atoms with Crippen molar-refractivity contribution < 1.29 is 0 Å². The summed E-state index contributed by atoms with van der Waals surface area (Å²) in [6, 6.07) is 4.65. The van der Waals surface area contributed by atoms with Crippen molar-refractivity contribution in [1.29, 1.82) is 0 Å². The van der Waals surface area contributed by atoms with Crippen LogP contribution >= 0.6 is 0 Å². The van der Waals surface area contributed by atoms with Crippen LogP contribution in [-0.4, -0.2) is 11.5 Å². The second-order valence-corrected chi connectivity index (χ2v) is 4.84. The molecule has 0 spiro atoms. The predicted octanol–water partition coefficient (Wildman–Crippen LogP) is 3.48. The number of rotatable bonds is 6. The molecule has 90 valence electrons. The van der Waals surface area contributed by atoms with Crippen molar-refractivity contribution in [1.82, 2.24) is 10.3 Å². The molecule has 1 N–H and O–H groups in total. The van der Waals surface area contributed by atoms with Gasteiger partial charge in [0, 0.05) is 12.2 Å². The summed E-state index contributed by atoms with van der Waals surface area (Å²) >= 11 is 0. The van der Waals surface area contributed by atoms with E-state index in [4.69, 9.17) is 0 Å². The molecule has 0 saturated carbocycles. The average molecular weight is 220 g/mol. The molecular weight excluding hydrogens is 196 g/mol. The third kappa shape index (κ3) is 4.31. The first-order valence-electron chi connectivity index (χ1n) is 6.29. The maximum atomic E-state index is 4.47. The van der Waals surface area contributed by atoms with Gasteiger partial charge in [-0.1, -0.05) is 20.8 Å². The Bertz CT molecular complexity index is 307. The summed E-state index contributed by atoms with van der Waals surface area (Å²) < 4.78 is 0. The number of hydrogen-bond acceptors (Lipinski definition) is 2. The second-order valence-electron chi connectivity index (χ2n) is 4.84. The first-order valence-corrected chi connectivity index (χ1v) is 6.29. The van der Waals surface area contributed by atoms with Crippen molar-refractivity contribution >= 4 is 0 Å². The van der Waals surface area contributed by atoms with E-state index in [0.717, 1.165) is 12.5 Å². The topological polar surface area (TPSA) is 24.9 Å². The normalized spacial score (nSPS) is 13.1. The molecular formula is C14H24N2. The Morgan fingerprint density at radius 2 is 2.06 bits per heavy atom. The van der Waals surface area contributed by atoms with Crippen LogP contribution in [0.3, 0.4) is 0 Å². The highest BCUT2D eigenvalue weighted by Gasteiger charge is 2.12. The molecule has 0 saturated heterocycles. The number of aryl methyl sites for hydroxylation is 1. The van der Waals surface area contributed by atoms with E-state index in [0.29, 0.717) is 6.04 Å². The van der Waals surface area contributed by atoms with E-state index in [-0.39, 0.29) is 0 Å². The molecule has 16 heavy (non-hydrogen) atoms. The molecule has 2 nitrogen and oxygen atoms in total. The van der Waals surface area contributed by atoms with Crippen molar-refractivity contribution in [3.63, 3.8) is 0 Å². The fourth-order valence-corrected chi connectivity index (χ4v) is 1.85. The third-order valence-corrected chi connectivity index (χ3v) is 2.78. The van der Waals surface area contributed by atoms with Crippen molar-refractivity contribution in [3.05, 3.63) is 29.6 Å². The van der Waals surface area contributed by atoms with E-state index in [1.165, 1.54) is 24.1 Å². The molecule has 0 aliphatic heterocycles. The zero-order valence-electron chi connectivity index (χ0n) is 11.0. The van der Waals surface area contributed by atoms with Gasteiger partial charge in [-0.05, 0) is 49.9 Å². The Hall–Kier alpha value is -0.890. The van der Waals surface area contributed by atoms with E-state index in [2.05, 4.69) is 50.1 Å². The summed E-state index contributed by atoms with van der Waals surface area (Å²) in [5, 5.41) is 3.52. The first-order chi connectivity index (χ1) is 7.63. The summed E-state index contributed by atoms with van der Waals surface area (Å²) in [6.07, 6.45) is 4.32. The molecule has 0 radical (unpaired) electrons. The van der Waals surface area contributed by atoms with Gasteiger partial charge in [-0.2, -0.15) is 0 Å². The van der Waals surface area contributed by atoms with Gasteiger partial charge >= 0.3 is 0 Å². The first kappa shape index (κ1) is 13.2. The van der Waals surface area contributed by atoms with E-state index in [1.807, 2.05) is 6.20 Å². The SMILES string of the molecule is CCNC(CCC(C)C)c1cc(C)ccn1. The van der Waals surface area contributed by atoms with Crippen molar-refractivity contribution in [3.8, 4) is 0 Å². The van der Waals surface area contributed by atoms with Gasteiger partial charge in [0.25, 0.3) is 0 Å². The lowest BCUT2D eigenvalue weighted by molar-refractivity contribution is 0.441. The van der Waals surface area contributed by atoms with Crippen LogP contribution in [0, 0.1) is 12.8 Å². The summed E-state index contributed by atoms with van der Waals surface area (Å²) in [5.74, 6) is 0.756. The van der Waals surface area contributed by atoms with Crippen LogP contribution < -0.4 is 5.32 Å². The Morgan fingerprint density at radius 3 is 2.62 bits per heavy atom. The molecule has 0 fully saturated rings. The minimum atomic E-state index is 0.410. The minimum Gasteiger partial charge on any atom is -0.309 e.